The van der Waals surface area contributed by atoms with Gasteiger partial charge in [-0.05, 0) is 5.56 Å². The van der Waals surface area contributed by atoms with Crippen molar-refractivity contribution in [3.8, 4) is 0 Å². The van der Waals surface area contributed by atoms with Gasteiger partial charge in [0.05, 0.1) is 11.0 Å². The van der Waals surface area contributed by atoms with Gasteiger partial charge in [0.2, 0.25) is 0 Å². The van der Waals surface area contributed by atoms with Crippen molar-refractivity contribution in [2.24, 2.45) is 0 Å². The highest BCUT2D eigenvalue weighted by Crippen LogP contribution is 2.37. The minimum absolute atomic E-state index is 0.0975. The van der Waals surface area contributed by atoms with E-state index in [0.29, 0.717) is 5.56 Å². The summed E-state index contributed by atoms with van der Waals surface area (Å²) < 4.78 is 31.1. The predicted octanol–water partition coefficient (Wildman–Crippen LogP) is 0.754. The number of benzene rings is 1. The van der Waals surface area contributed by atoms with Crippen molar-refractivity contribution in [2.75, 3.05) is 6.54 Å². The molecule has 2 rings (SSSR count). The van der Waals surface area contributed by atoms with Crippen LogP contribution in [0.4, 0.5) is 5.69 Å². The van der Waals surface area contributed by atoms with Gasteiger partial charge in [0, 0.05) is 18.7 Å². The topological polar surface area (TPSA) is 101 Å². The highest BCUT2D eigenvalue weighted by atomic mass is 32.2. The molecule has 0 aromatic heterocycles. The average Bonchev–Trinajstić information content (AvgIpc) is 2.96. The molecular formula is C8H8N2O5S. The molecule has 1 N–H and O–H groups in total. The Kier molecular flexibility index (Phi) is 2.41. The fraction of sp³-hybridized carbons (Fsp3) is 0.250. The summed E-state index contributed by atoms with van der Waals surface area (Å²) >= 11 is 0. The first kappa shape index (κ1) is 11.0. The van der Waals surface area contributed by atoms with Gasteiger partial charge >= 0.3 is 10.3 Å². The Morgan fingerprint density at radius 2 is 2.19 bits per heavy atom. The number of hydrogen-bond acceptors (Lipinski definition) is 4. The van der Waals surface area contributed by atoms with Crippen LogP contribution in [-0.4, -0.2) is 28.7 Å². The Balaban J connectivity index is 2.25. The Bertz CT molecular complexity index is 541. The highest BCUT2D eigenvalue weighted by molar-refractivity contribution is 7.83. The van der Waals surface area contributed by atoms with Gasteiger partial charge in [0.15, 0.2) is 0 Å². The van der Waals surface area contributed by atoms with Gasteiger partial charge in [-0.15, -0.1) is 0 Å². The Hall–Kier alpha value is -1.51. The molecule has 2 unspecified atom stereocenters. The smallest absolute Gasteiger partial charge is 0.273 e. The normalized spacial score (nSPS) is 24.1. The molecule has 1 fully saturated rings. The molecule has 8 heteroatoms. The predicted molar refractivity (Wildman–Crippen MR) is 54.1 cm³/mol. The molecule has 1 aromatic carbocycles. The fourth-order valence-electron chi connectivity index (χ4n) is 1.50. The van der Waals surface area contributed by atoms with Gasteiger partial charge in [0.25, 0.3) is 5.69 Å². The van der Waals surface area contributed by atoms with Crippen LogP contribution >= 0.6 is 0 Å². The van der Waals surface area contributed by atoms with Crippen LogP contribution < -0.4 is 0 Å². The van der Waals surface area contributed by atoms with Gasteiger partial charge in [-0.2, -0.15) is 12.7 Å². The molecule has 7 nitrogen and oxygen atoms in total. The van der Waals surface area contributed by atoms with Crippen molar-refractivity contribution in [1.82, 2.24) is 4.31 Å². The lowest BCUT2D eigenvalue weighted by Crippen LogP contribution is -2.10. The van der Waals surface area contributed by atoms with Crippen LogP contribution in [0.1, 0.15) is 11.6 Å². The number of non-ortho nitro benzene ring substituents is 1. The van der Waals surface area contributed by atoms with Crippen molar-refractivity contribution in [3.63, 3.8) is 0 Å². The Labute approximate surface area is 91.3 Å². The first-order chi connectivity index (χ1) is 7.39. The first-order valence-electron chi connectivity index (χ1n) is 4.38. The van der Waals surface area contributed by atoms with E-state index >= 15 is 0 Å². The van der Waals surface area contributed by atoms with Crippen molar-refractivity contribution in [3.05, 3.63) is 39.9 Å². The van der Waals surface area contributed by atoms with Crippen molar-refractivity contribution < 1.29 is 17.9 Å². The molecule has 1 heterocycles. The molecule has 0 radical (unpaired) electrons. The molecule has 2 atom stereocenters. The molecule has 1 aliphatic heterocycles. The minimum atomic E-state index is -4.20. The van der Waals surface area contributed by atoms with Crippen molar-refractivity contribution >= 4 is 16.0 Å². The van der Waals surface area contributed by atoms with E-state index in [-0.39, 0.29) is 12.2 Å². The summed E-state index contributed by atoms with van der Waals surface area (Å²) in [6.07, 6.45) is 0. The molecule has 1 aliphatic rings. The lowest BCUT2D eigenvalue weighted by Gasteiger charge is -1.99. The standard InChI is InChI=1S/C8H8N2O5S/c11-10(12)7-3-1-2-6(4-7)8-5-9(8)16(13,14)15/h1-4,8H,5H2,(H,13,14,15). The van der Waals surface area contributed by atoms with Gasteiger partial charge < -0.3 is 0 Å². The Morgan fingerprint density at radius 3 is 2.69 bits per heavy atom. The quantitative estimate of drug-likeness (QED) is 0.366. The summed E-state index contributed by atoms with van der Waals surface area (Å²) in [4.78, 5) is 9.95. The van der Waals surface area contributed by atoms with E-state index in [9.17, 15) is 18.5 Å². The SMILES string of the molecule is O=[N+]([O-])c1cccc(C2CN2S(=O)(=O)O)c1. The number of nitrogens with zero attached hydrogens (tertiary/aromatic N) is 2. The number of rotatable bonds is 3. The summed E-state index contributed by atoms with van der Waals surface area (Å²) in [7, 11) is -4.20. The van der Waals surface area contributed by atoms with E-state index in [1.807, 2.05) is 0 Å². The van der Waals surface area contributed by atoms with Crippen LogP contribution in [0.15, 0.2) is 24.3 Å². The van der Waals surface area contributed by atoms with E-state index in [1.165, 1.54) is 18.2 Å². The molecule has 1 aromatic rings. The Morgan fingerprint density at radius 1 is 1.50 bits per heavy atom. The zero-order valence-electron chi connectivity index (χ0n) is 7.98. The van der Waals surface area contributed by atoms with E-state index < -0.39 is 21.3 Å². The second-order valence-corrected chi connectivity index (χ2v) is 4.78. The maximum atomic E-state index is 10.7. The molecule has 1 saturated heterocycles. The second kappa shape index (κ2) is 3.51. The van der Waals surface area contributed by atoms with Crippen molar-refractivity contribution in [1.29, 1.82) is 0 Å². The van der Waals surface area contributed by atoms with Crippen molar-refractivity contribution in [2.45, 2.75) is 6.04 Å². The van der Waals surface area contributed by atoms with Crippen LogP contribution in [0.5, 0.6) is 0 Å². The molecule has 16 heavy (non-hydrogen) atoms. The van der Waals surface area contributed by atoms with Crippen LogP contribution in [0.2, 0.25) is 0 Å². The van der Waals surface area contributed by atoms with Crippen LogP contribution in [-0.2, 0) is 10.3 Å². The maximum Gasteiger partial charge on any atom is 0.336 e. The molecule has 0 amide bonds. The highest BCUT2D eigenvalue weighted by Gasteiger charge is 2.44. The number of nitro groups is 1. The van der Waals surface area contributed by atoms with E-state index in [4.69, 9.17) is 4.55 Å². The monoisotopic (exact) mass is 244 g/mol. The lowest BCUT2D eigenvalue weighted by molar-refractivity contribution is -0.384. The van der Waals surface area contributed by atoms with Gasteiger partial charge in [-0.1, -0.05) is 12.1 Å². The number of nitro benzene ring substituents is 1. The maximum absolute atomic E-state index is 10.7. The van der Waals surface area contributed by atoms with Gasteiger partial charge in [0.1, 0.15) is 0 Å². The average molecular weight is 244 g/mol. The first-order valence-corrected chi connectivity index (χ1v) is 5.78. The molecule has 0 bridgehead atoms. The van der Waals surface area contributed by atoms with Gasteiger partial charge in [-0.3, -0.25) is 14.7 Å². The summed E-state index contributed by atoms with van der Waals surface area (Å²) in [5, 5.41) is 10.5. The molecule has 0 spiro atoms. The zero-order valence-corrected chi connectivity index (χ0v) is 8.79. The molecule has 0 saturated carbocycles. The van der Waals surface area contributed by atoms with E-state index in [2.05, 4.69) is 0 Å². The zero-order chi connectivity index (χ0) is 11.9. The summed E-state index contributed by atoms with van der Waals surface area (Å²) in [6, 6.07) is 5.20. The summed E-state index contributed by atoms with van der Waals surface area (Å²) in [6.45, 7) is 0.153. The van der Waals surface area contributed by atoms with E-state index in [0.717, 1.165) is 4.31 Å². The van der Waals surface area contributed by atoms with Crippen LogP contribution in [0.25, 0.3) is 0 Å². The van der Waals surface area contributed by atoms with Crippen LogP contribution in [0.3, 0.4) is 0 Å². The molecular weight excluding hydrogens is 236 g/mol. The molecule has 86 valence electrons. The third-order valence-electron chi connectivity index (χ3n) is 2.33. The third kappa shape index (κ3) is 2.03. The minimum Gasteiger partial charge on any atom is -0.273 e. The third-order valence-corrected chi connectivity index (χ3v) is 3.33. The van der Waals surface area contributed by atoms with Gasteiger partial charge in [-0.25, -0.2) is 0 Å². The summed E-state index contributed by atoms with van der Waals surface area (Å²) in [5.41, 5.74) is 0.409. The van der Waals surface area contributed by atoms with Crippen LogP contribution in [0, 0.1) is 10.1 Å². The lowest BCUT2D eigenvalue weighted by atomic mass is 10.1. The molecule has 0 aliphatic carbocycles. The second-order valence-electron chi connectivity index (χ2n) is 3.42. The largest absolute Gasteiger partial charge is 0.336 e. The number of hydrogen-bond donors (Lipinski definition) is 1. The fourth-order valence-corrected chi connectivity index (χ4v) is 2.27. The van der Waals surface area contributed by atoms with E-state index in [1.54, 1.807) is 6.07 Å². The summed E-state index contributed by atoms with van der Waals surface area (Å²) in [5.74, 6) is 0.